The van der Waals surface area contributed by atoms with Crippen LogP contribution in [0.25, 0.3) is 0 Å². The van der Waals surface area contributed by atoms with Gasteiger partial charge in [-0.1, -0.05) is 11.6 Å². The first-order valence-electron chi connectivity index (χ1n) is 9.86. The molecule has 0 bridgehead atoms. The Kier molecular flexibility index (Phi) is 5.64. The van der Waals surface area contributed by atoms with Gasteiger partial charge in [0.25, 0.3) is 5.56 Å². The molecular weight excluding hydrogens is 424 g/mol. The van der Waals surface area contributed by atoms with Crippen molar-refractivity contribution in [2.75, 3.05) is 28.6 Å². The summed E-state index contributed by atoms with van der Waals surface area (Å²) in [6.07, 6.45) is 0.934. The van der Waals surface area contributed by atoms with Gasteiger partial charge in [0.1, 0.15) is 5.82 Å². The molecule has 1 saturated heterocycles. The first kappa shape index (κ1) is 20.9. The Morgan fingerprint density at radius 2 is 1.84 bits per heavy atom. The average Bonchev–Trinajstić information content (AvgIpc) is 2.74. The number of halogens is 1. The van der Waals surface area contributed by atoms with Crippen LogP contribution in [0.4, 0.5) is 17.5 Å². The molecule has 1 atom stereocenters. The minimum absolute atomic E-state index is 0.0725. The Balaban J connectivity index is 1.58. The highest BCUT2D eigenvalue weighted by Crippen LogP contribution is 2.31. The standard InChI is InChI=1S/C20H21ClN6O4/c21-11-1-3-12(4-2-11)23-18(30)13-9-14(28)24-17-15(13)19(31)26-20(25-17)27-7-5-10(6-8-27)16(22)29/h1-4,10,13H,5-9H2,(H2,22,29)(H,23,30)(H2,24,25,26,28,31)/t13-/m0/s1. The smallest absolute Gasteiger partial charge is 0.258 e. The van der Waals surface area contributed by atoms with E-state index >= 15 is 0 Å². The van der Waals surface area contributed by atoms with Crippen molar-refractivity contribution in [3.05, 3.63) is 45.2 Å². The van der Waals surface area contributed by atoms with Gasteiger partial charge in [0.05, 0.1) is 11.5 Å². The molecule has 162 valence electrons. The molecule has 11 heteroatoms. The largest absolute Gasteiger partial charge is 0.369 e. The minimum Gasteiger partial charge on any atom is -0.369 e. The van der Waals surface area contributed by atoms with Crippen LogP contribution in [0.5, 0.6) is 0 Å². The lowest BCUT2D eigenvalue weighted by Gasteiger charge is -2.32. The molecule has 4 rings (SSSR count). The summed E-state index contributed by atoms with van der Waals surface area (Å²) in [6, 6.07) is 6.51. The fourth-order valence-corrected chi connectivity index (χ4v) is 4.00. The number of amides is 3. The van der Waals surface area contributed by atoms with Crippen LogP contribution >= 0.6 is 11.6 Å². The third kappa shape index (κ3) is 4.38. The lowest BCUT2D eigenvalue weighted by Crippen LogP contribution is -2.41. The highest BCUT2D eigenvalue weighted by atomic mass is 35.5. The van der Waals surface area contributed by atoms with Crippen molar-refractivity contribution >= 4 is 46.8 Å². The summed E-state index contributed by atoms with van der Waals surface area (Å²) in [5, 5.41) is 5.83. The number of hydrogen-bond donors (Lipinski definition) is 4. The van der Waals surface area contributed by atoms with Crippen LogP contribution in [-0.2, 0) is 14.4 Å². The molecule has 31 heavy (non-hydrogen) atoms. The van der Waals surface area contributed by atoms with Gasteiger partial charge in [-0.15, -0.1) is 0 Å². The number of H-pyrrole nitrogens is 1. The van der Waals surface area contributed by atoms with E-state index in [0.717, 1.165) is 0 Å². The van der Waals surface area contributed by atoms with Gasteiger partial charge < -0.3 is 21.3 Å². The molecule has 3 heterocycles. The quantitative estimate of drug-likeness (QED) is 0.556. The summed E-state index contributed by atoms with van der Waals surface area (Å²) < 4.78 is 0. The summed E-state index contributed by atoms with van der Waals surface area (Å²) in [6.45, 7) is 0.980. The van der Waals surface area contributed by atoms with Crippen LogP contribution < -0.4 is 26.8 Å². The van der Waals surface area contributed by atoms with Crippen molar-refractivity contribution in [1.29, 1.82) is 0 Å². The molecule has 2 aromatic rings. The summed E-state index contributed by atoms with van der Waals surface area (Å²) >= 11 is 5.86. The first-order chi connectivity index (χ1) is 14.8. The van der Waals surface area contributed by atoms with Crippen LogP contribution in [0.1, 0.15) is 30.7 Å². The molecule has 10 nitrogen and oxygen atoms in total. The molecular formula is C20H21ClN6O4. The molecule has 1 aromatic heterocycles. The Morgan fingerprint density at radius 3 is 2.48 bits per heavy atom. The van der Waals surface area contributed by atoms with Gasteiger partial charge in [-0.25, -0.2) is 0 Å². The van der Waals surface area contributed by atoms with Crippen molar-refractivity contribution in [3.63, 3.8) is 0 Å². The molecule has 0 radical (unpaired) electrons. The maximum atomic E-state index is 12.9. The highest BCUT2D eigenvalue weighted by Gasteiger charge is 2.35. The molecule has 5 N–H and O–H groups in total. The predicted molar refractivity (Wildman–Crippen MR) is 115 cm³/mol. The number of piperidine rings is 1. The lowest BCUT2D eigenvalue weighted by molar-refractivity contribution is -0.123. The Bertz CT molecular complexity index is 1090. The van der Waals surface area contributed by atoms with E-state index < -0.39 is 23.3 Å². The fourth-order valence-electron chi connectivity index (χ4n) is 3.87. The summed E-state index contributed by atoms with van der Waals surface area (Å²) in [5.74, 6) is -2.06. The highest BCUT2D eigenvalue weighted by molar-refractivity contribution is 6.30. The van der Waals surface area contributed by atoms with E-state index in [1.54, 1.807) is 24.3 Å². The van der Waals surface area contributed by atoms with Crippen molar-refractivity contribution in [2.24, 2.45) is 11.7 Å². The van der Waals surface area contributed by atoms with Crippen molar-refractivity contribution in [3.8, 4) is 0 Å². The summed E-state index contributed by atoms with van der Waals surface area (Å²) in [5.41, 5.74) is 5.49. The van der Waals surface area contributed by atoms with Gasteiger partial charge in [-0.05, 0) is 37.1 Å². The Hall–Kier alpha value is -3.40. The van der Waals surface area contributed by atoms with E-state index in [0.29, 0.717) is 36.6 Å². The van der Waals surface area contributed by atoms with Crippen molar-refractivity contribution in [1.82, 2.24) is 9.97 Å². The number of fused-ring (bicyclic) bond motifs is 1. The van der Waals surface area contributed by atoms with Gasteiger partial charge >= 0.3 is 0 Å². The molecule has 3 amide bonds. The Labute approximate surface area is 182 Å². The molecule has 1 aromatic carbocycles. The zero-order valence-electron chi connectivity index (χ0n) is 16.5. The number of nitrogens with zero attached hydrogens (tertiary/aromatic N) is 2. The SMILES string of the molecule is NC(=O)C1CCN(c2nc3c(c(=O)[nH]2)[C@@H](C(=O)Nc2ccc(Cl)cc2)CC(=O)N3)CC1. The summed E-state index contributed by atoms with van der Waals surface area (Å²) in [4.78, 5) is 58.2. The molecule has 0 aliphatic carbocycles. The lowest BCUT2D eigenvalue weighted by atomic mass is 9.92. The molecule has 2 aliphatic rings. The fraction of sp³-hybridized carbons (Fsp3) is 0.350. The maximum absolute atomic E-state index is 12.9. The van der Waals surface area contributed by atoms with Crippen LogP contribution in [0.15, 0.2) is 29.1 Å². The van der Waals surface area contributed by atoms with Crippen molar-refractivity contribution in [2.45, 2.75) is 25.2 Å². The molecule has 0 spiro atoms. The second kappa shape index (κ2) is 8.38. The average molecular weight is 445 g/mol. The molecule has 1 fully saturated rings. The summed E-state index contributed by atoms with van der Waals surface area (Å²) in [7, 11) is 0. The third-order valence-electron chi connectivity index (χ3n) is 5.56. The zero-order chi connectivity index (χ0) is 22.1. The Morgan fingerprint density at radius 1 is 1.16 bits per heavy atom. The van der Waals surface area contributed by atoms with Crippen LogP contribution in [0.2, 0.25) is 5.02 Å². The van der Waals surface area contributed by atoms with Gasteiger partial charge in [0.15, 0.2) is 0 Å². The maximum Gasteiger partial charge on any atom is 0.258 e. The van der Waals surface area contributed by atoms with Crippen molar-refractivity contribution < 1.29 is 14.4 Å². The van der Waals surface area contributed by atoms with Gasteiger partial charge in [0.2, 0.25) is 23.7 Å². The van der Waals surface area contributed by atoms with E-state index in [1.165, 1.54) is 0 Å². The second-order valence-corrected chi connectivity index (χ2v) is 8.05. The molecule has 0 unspecified atom stereocenters. The number of anilines is 3. The van der Waals surface area contributed by atoms with Crippen LogP contribution in [0.3, 0.4) is 0 Å². The normalized spacial score (nSPS) is 18.8. The first-order valence-corrected chi connectivity index (χ1v) is 10.2. The van der Waals surface area contributed by atoms with Gasteiger partial charge in [-0.2, -0.15) is 4.98 Å². The van der Waals surface area contributed by atoms with E-state index in [2.05, 4.69) is 20.6 Å². The number of aromatic nitrogens is 2. The van der Waals surface area contributed by atoms with E-state index in [1.807, 2.05) is 4.90 Å². The molecule has 0 saturated carbocycles. The van der Waals surface area contributed by atoms with E-state index in [-0.39, 0.29) is 35.6 Å². The number of nitrogens with one attached hydrogen (secondary N) is 3. The zero-order valence-corrected chi connectivity index (χ0v) is 17.2. The number of rotatable bonds is 4. The van der Waals surface area contributed by atoms with Crippen LogP contribution in [0, 0.1) is 5.92 Å². The monoisotopic (exact) mass is 444 g/mol. The van der Waals surface area contributed by atoms with E-state index in [4.69, 9.17) is 17.3 Å². The minimum atomic E-state index is -0.981. The van der Waals surface area contributed by atoms with Crippen LogP contribution in [-0.4, -0.2) is 40.8 Å². The van der Waals surface area contributed by atoms with E-state index in [9.17, 15) is 19.2 Å². The number of aromatic amines is 1. The number of nitrogens with two attached hydrogens (primary N) is 1. The predicted octanol–water partition coefficient (Wildman–Crippen LogP) is 1.19. The van der Waals surface area contributed by atoms with Gasteiger partial charge in [0, 0.05) is 36.1 Å². The third-order valence-corrected chi connectivity index (χ3v) is 5.82. The number of hydrogen-bond acceptors (Lipinski definition) is 6. The second-order valence-electron chi connectivity index (χ2n) is 7.62. The number of carbonyl (C=O) groups is 3. The number of primary amides is 1. The van der Waals surface area contributed by atoms with Gasteiger partial charge in [-0.3, -0.25) is 24.2 Å². The number of carbonyl (C=O) groups excluding carboxylic acids is 3. The number of benzene rings is 1. The topological polar surface area (TPSA) is 150 Å². The molecule has 2 aliphatic heterocycles.